The Labute approximate surface area is 131 Å². The molecular formula is C18H22N2O2. The van der Waals surface area contributed by atoms with Crippen molar-refractivity contribution < 1.29 is 9.53 Å². The van der Waals surface area contributed by atoms with E-state index < -0.39 is 0 Å². The van der Waals surface area contributed by atoms with Gasteiger partial charge >= 0.3 is 0 Å². The van der Waals surface area contributed by atoms with Crippen molar-refractivity contribution in [2.75, 3.05) is 17.2 Å². The van der Waals surface area contributed by atoms with Gasteiger partial charge in [-0.2, -0.15) is 0 Å². The van der Waals surface area contributed by atoms with E-state index in [0.717, 1.165) is 23.5 Å². The molecule has 2 aromatic rings. The quantitative estimate of drug-likeness (QED) is 0.814. The van der Waals surface area contributed by atoms with E-state index >= 15 is 0 Å². The van der Waals surface area contributed by atoms with Gasteiger partial charge < -0.3 is 15.4 Å². The fraction of sp³-hybridized carbons (Fsp3) is 0.278. The molecule has 4 heteroatoms. The summed E-state index contributed by atoms with van der Waals surface area (Å²) in [6.07, 6.45) is 1.15. The Morgan fingerprint density at radius 3 is 2.36 bits per heavy atom. The molecule has 0 saturated heterocycles. The molecule has 2 aromatic carbocycles. The van der Waals surface area contributed by atoms with Crippen LogP contribution in [0.1, 0.15) is 20.3 Å². The van der Waals surface area contributed by atoms with Gasteiger partial charge in [-0.3, -0.25) is 4.79 Å². The van der Waals surface area contributed by atoms with Gasteiger partial charge in [0.25, 0.3) is 0 Å². The molecule has 0 bridgehead atoms. The maximum Gasteiger partial charge on any atom is 0.243 e. The predicted molar refractivity (Wildman–Crippen MR) is 90.4 cm³/mol. The van der Waals surface area contributed by atoms with E-state index in [4.69, 9.17) is 4.74 Å². The molecular weight excluding hydrogens is 276 g/mol. The van der Waals surface area contributed by atoms with Crippen molar-refractivity contribution in [1.29, 1.82) is 0 Å². The average molecular weight is 298 g/mol. The highest BCUT2D eigenvalue weighted by Gasteiger charge is 2.04. The van der Waals surface area contributed by atoms with E-state index in [-0.39, 0.29) is 18.6 Å². The Morgan fingerprint density at radius 1 is 1.05 bits per heavy atom. The minimum absolute atomic E-state index is 0.0838. The van der Waals surface area contributed by atoms with Gasteiger partial charge in [-0.05, 0) is 49.7 Å². The third-order valence-corrected chi connectivity index (χ3v) is 3.28. The first-order valence-electron chi connectivity index (χ1n) is 7.53. The van der Waals surface area contributed by atoms with Gasteiger partial charge in [0, 0.05) is 11.4 Å². The first-order valence-corrected chi connectivity index (χ1v) is 7.53. The Hall–Kier alpha value is -2.49. The third-order valence-electron chi connectivity index (χ3n) is 3.28. The minimum Gasteiger partial charge on any atom is -0.491 e. The molecule has 1 atom stereocenters. The molecule has 2 rings (SSSR count). The lowest BCUT2D eigenvalue weighted by atomic mass is 10.2. The highest BCUT2D eigenvalue weighted by Crippen LogP contribution is 2.17. The fourth-order valence-electron chi connectivity index (χ4n) is 1.88. The molecule has 1 amide bonds. The van der Waals surface area contributed by atoms with Crippen LogP contribution < -0.4 is 15.4 Å². The molecule has 0 aliphatic carbocycles. The average Bonchev–Trinajstić information content (AvgIpc) is 2.55. The molecule has 116 valence electrons. The lowest BCUT2D eigenvalue weighted by Crippen LogP contribution is -2.21. The van der Waals surface area contributed by atoms with Crippen LogP contribution in [0.4, 0.5) is 11.4 Å². The van der Waals surface area contributed by atoms with Crippen molar-refractivity contribution in [3.8, 4) is 5.75 Å². The van der Waals surface area contributed by atoms with Gasteiger partial charge in [0.05, 0.1) is 12.6 Å². The van der Waals surface area contributed by atoms with Gasteiger partial charge in [-0.25, -0.2) is 0 Å². The summed E-state index contributed by atoms with van der Waals surface area (Å²) in [7, 11) is 0. The first kappa shape index (κ1) is 15.9. The van der Waals surface area contributed by atoms with E-state index in [1.54, 1.807) is 0 Å². The van der Waals surface area contributed by atoms with E-state index in [2.05, 4.69) is 17.6 Å². The molecule has 0 spiro atoms. The van der Waals surface area contributed by atoms with Crippen LogP contribution in [-0.2, 0) is 4.79 Å². The molecule has 0 aliphatic rings. The first-order chi connectivity index (χ1) is 10.7. The smallest absolute Gasteiger partial charge is 0.243 e. The summed E-state index contributed by atoms with van der Waals surface area (Å²) in [6.45, 7) is 4.35. The molecule has 0 heterocycles. The molecule has 1 unspecified atom stereocenters. The number of benzene rings is 2. The number of anilines is 2. The van der Waals surface area contributed by atoms with Crippen molar-refractivity contribution in [2.24, 2.45) is 0 Å². The third kappa shape index (κ3) is 5.13. The summed E-state index contributed by atoms with van der Waals surface area (Å²) in [6, 6.07) is 17.1. The number of amides is 1. The number of para-hydroxylation sites is 1. The van der Waals surface area contributed by atoms with Gasteiger partial charge in [0.2, 0.25) is 5.91 Å². The van der Waals surface area contributed by atoms with Crippen LogP contribution in [0.3, 0.4) is 0 Å². The van der Waals surface area contributed by atoms with Crippen molar-refractivity contribution in [2.45, 2.75) is 26.4 Å². The molecule has 0 radical (unpaired) electrons. The SMILES string of the molecule is CCC(C)Oc1ccc(NC(=O)CNc2ccccc2)cc1. The van der Waals surface area contributed by atoms with Crippen LogP contribution in [0, 0.1) is 0 Å². The number of ether oxygens (including phenoxy) is 1. The molecule has 4 nitrogen and oxygen atoms in total. The summed E-state index contributed by atoms with van der Waals surface area (Å²) in [4.78, 5) is 11.9. The molecule has 22 heavy (non-hydrogen) atoms. The van der Waals surface area contributed by atoms with E-state index in [1.807, 2.05) is 61.5 Å². The number of carbonyl (C=O) groups is 1. The summed E-state index contributed by atoms with van der Waals surface area (Å²) in [5.41, 5.74) is 1.69. The zero-order valence-corrected chi connectivity index (χ0v) is 13.0. The number of carbonyl (C=O) groups excluding carboxylic acids is 1. The number of rotatable bonds is 7. The van der Waals surface area contributed by atoms with E-state index in [1.165, 1.54) is 0 Å². The summed E-state index contributed by atoms with van der Waals surface area (Å²) in [5.74, 6) is 0.731. The second-order valence-corrected chi connectivity index (χ2v) is 5.13. The Balaban J connectivity index is 1.81. The number of hydrogen-bond donors (Lipinski definition) is 2. The lowest BCUT2D eigenvalue weighted by Gasteiger charge is -2.13. The van der Waals surface area contributed by atoms with Gasteiger partial charge in [0.15, 0.2) is 0 Å². The summed E-state index contributed by atoms with van der Waals surface area (Å²) < 4.78 is 5.70. The summed E-state index contributed by atoms with van der Waals surface area (Å²) in [5, 5.41) is 5.92. The normalized spacial score (nSPS) is 11.5. The maximum absolute atomic E-state index is 11.9. The molecule has 0 aromatic heterocycles. The molecule has 0 aliphatic heterocycles. The monoisotopic (exact) mass is 298 g/mol. The van der Waals surface area contributed by atoms with Crippen LogP contribution in [-0.4, -0.2) is 18.6 Å². The zero-order chi connectivity index (χ0) is 15.8. The summed E-state index contributed by atoms with van der Waals surface area (Å²) >= 11 is 0. The van der Waals surface area contributed by atoms with Crippen molar-refractivity contribution in [3.63, 3.8) is 0 Å². The van der Waals surface area contributed by atoms with Crippen LogP contribution in [0.15, 0.2) is 54.6 Å². The Kier molecular flexibility index (Phi) is 5.83. The van der Waals surface area contributed by atoms with Crippen LogP contribution >= 0.6 is 0 Å². The minimum atomic E-state index is -0.0838. The highest BCUT2D eigenvalue weighted by atomic mass is 16.5. The Bertz CT molecular complexity index is 582. The van der Waals surface area contributed by atoms with Gasteiger partial charge in [0.1, 0.15) is 5.75 Å². The van der Waals surface area contributed by atoms with Crippen LogP contribution in [0.25, 0.3) is 0 Å². The molecule has 0 fully saturated rings. The van der Waals surface area contributed by atoms with Gasteiger partial charge in [-0.1, -0.05) is 25.1 Å². The second kappa shape index (κ2) is 8.08. The zero-order valence-electron chi connectivity index (χ0n) is 13.0. The molecule has 2 N–H and O–H groups in total. The van der Waals surface area contributed by atoms with Crippen molar-refractivity contribution in [3.05, 3.63) is 54.6 Å². The standard InChI is InChI=1S/C18H22N2O2/c1-3-14(2)22-17-11-9-16(10-12-17)20-18(21)13-19-15-7-5-4-6-8-15/h4-12,14,19H,3,13H2,1-2H3,(H,20,21). The van der Waals surface area contributed by atoms with E-state index in [0.29, 0.717) is 0 Å². The lowest BCUT2D eigenvalue weighted by molar-refractivity contribution is -0.114. The van der Waals surface area contributed by atoms with Gasteiger partial charge in [-0.15, -0.1) is 0 Å². The van der Waals surface area contributed by atoms with Crippen molar-refractivity contribution >= 4 is 17.3 Å². The predicted octanol–water partition coefficient (Wildman–Crippen LogP) is 3.91. The maximum atomic E-state index is 11.9. The number of hydrogen-bond acceptors (Lipinski definition) is 3. The largest absolute Gasteiger partial charge is 0.491 e. The topological polar surface area (TPSA) is 50.4 Å². The Morgan fingerprint density at radius 2 is 1.73 bits per heavy atom. The van der Waals surface area contributed by atoms with Crippen LogP contribution in [0.5, 0.6) is 5.75 Å². The second-order valence-electron chi connectivity index (χ2n) is 5.13. The number of nitrogens with one attached hydrogen (secondary N) is 2. The van der Waals surface area contributed by atoms with Crippen molar-refractivity contribution in [1.82, 2.24) is 0 Å². The molecule has 0 saturated carbocycles. The fourth-order valence-corrected chi connectivity index (χ4v) is 1.88. The van der Waals surface area contributed by atoms with E-state index in [9.17, 15) is 4.79 Å². The highest BCUT2D eigenvalue weighted by molar-refractivity contribution is 5.93. The van der Waals surface area contributed by atoms with Crippen LogP contribution in [0.2, 0.25) is 0 Å².